The van der Waals surface area contributed by atoms with E-state index in [9.17, 15) is 4.79 Å². The predicted molar refractivity (Wildman–Crippen MR) is 78.0 cm³/mol. The molecule has 0 bridgehead atoms. The summed E-state index contributed by atoms with van der Waals surface area (Å²) in [5, 5.41) is 0. The molecule has 2 heterocycles. The zero-order valence-electron chi connectivity index (χ0n) is 10.9. The average Bonchev–Trinajstić information content (AvgIpc) is 2.96. The van der Waals surface area contributed by atoms with Crippen LogP contribution in [0.25, 0.3) is 16.2 Å². The van der Waals surface area contributed by atoms with Crippen LogP contribution < -0.4 is 0 Å². The summed E-state index contributed by atoms with van der Waals surface area (Å²) in [6.07, 6.45) is 1.83. The third-order valence-electron chi connectivity index (χ3n) is 3.31. The molecule has 0 saturated carbocycles. The molecule has 96 valence electrons. The molecule has 0 saturated heterocycles. The average molecular weight is 270 g/mol. The number of thiazole rings is 1. The fourth-order valence-corrected chi connectivity index (χ4v) is 3.45. The Morgan fingerprint density at radius 3 is 2.68 bits per heavy atom. The summed E-state index contributed by atoms with van der Waals surface area (Å²) in [6, 6.07) is 9.95. The molecule has 3 rings (SSSR count). The van der Waals surface area contributed by atoms with Crippen LogP contribution in [0.4, 0.5) is 0 Å². The predicted octanol–water partition coefficient (Wildman–Crippen LogP) is 3.75. The first-order valence-corrected chi connectivity index (χ1v) is 7.09. The van der Waals surface area contributed by atoms with Gasteiger partial charge >= 0.3 is 0 Å². The number of imidazole rings is 1. The maximum atomic E-state index is 11.3. The van der Waals surface area contributed by atoms with E-state index in [1.807, 2.05) is 30.3 Å². The lowest BCUT2D eigenvalue weighted by Gasteiger charge is -2.03. The lowest BCUT2D eigenvalue weighted by Crippen LogP contribution is -1.93. The Hall–Kier alpha value is -1.94. The summed E-state index contributed by atoms with van der Waals surface area (Å²) in [6.45, 7) is 4.23. The molecule has 3 nitrogen and oxygen atoms in total. The van der Waals surface area contributed by atoms with Gasteiger partial charge in [0, 0.05) is 16.1 Å². The lowest BCUT2D eigenvalue weighted by molar-refractivity contribution is 0.112. The monoisotopic (exact) mass is 270 g/mol. The molecule has 4 heteroatoms. The SMILES string of the molecule is CCc1sc2nc(C=O)c(-c3ccccc3)n2c1C. The van der Waals surface area contributed by atoms with E-state index in [2.05, 4.69) is 23.2 Å². The van der Waals surface area contributed by atoms with Gasteiger partial charge in [-0.05, 0) is 13.3 Å². The molecule has 0 aliphatic rings. The Balaban J connectivity index is 2.37. The van der Waals surface area contributed by atoms with E-state index in [-0.39, 0.29) is 0 Å². The Morgan fingerprint density at radius 1 is 1.32 bits per heavy atom. The second-order valence-electron chi connectivity index (χ2n) is 4.41. The van der Waals surface area contributed by atoms with Crippen molar-refractivity contribution in [3.8, 4) is 11.3 Å². The van der Waals surface area contributed by atoms with Crippen LogP contribution in [-0.4, -0.2) is 15.7 Å². The number of rotatable bonds is 3. The van der Waals surface area contributed by atoms with E-state index in [0.717, 1.165) is 28.9 Å². The Kier molecular flexibility index (Phi) is 2.95. The van der Waals surface area contributed by atoms with Crippen molar-refractivity contribution in [1.82, 2.24) is 9.38 Å². The quantitative estimate of drug-likeness (QED) is 0.679. The van der Waals surface area contributed by atoms with Crippen LogP contribution in [0, 0.1) is 6.92 Å². The number of aromatic nitrogens is 2. The number of aldehydes is 1. The maximum Gasteiger partial charge on any atom is 0.195 e. The van der Waals surface area contributed by atoms with E-state index in [1.165, 1.54) is 10.6 Å². The van der Waals surface area contributed by atoms with Crippen molar-refractivity contribution >= 4 is 22.6 Å². The third kappa shape index (κ3) is 1.79. The van der Waals surface area contributed by atoms with Crippen molar-refractivity contribution in [1.29, 1.82) is 0 Å². The molecule has 0 aliphatic heterocycles. The molecule has 19 heavy (non-hydrogen) atoms. The van der Waals surface area contributed by atoms with Gasteiger partial charge in [0.1, 0.15) is 5.69 Å². The second kappa shape index (κ2) is 4.63. The first kappa shape index (κ1) is 12.1. The van der Waals surface area contributed by atoms with E-state index < -0.39 is 0 Å². The van der Waals surface area contributed by atoms with Gasteiger partial charge in [0.15, 0.2) is 11.2 Å². The molecule has 0 spiro atoms. The first-order valence-electron chi connectivity index (χ1n) is 6.27. The molecule has 0 radical (unpaired) electrons. The van der Waals surface area contributed by atoms with Crippen LogP contribution in [-0.2, 0) is 6.42 Å². The Morgan fingerprint density at radius 2 is 2.05 bits per heavy atom. The fourth-order valence-electron chi connectivity index (χ4n) is 2.39. The maximum absolute atomic E-state index is 11.3. The van der Waals surface area contributed by atoms with Crippen molar-refractivity contribution < 1.29 is 4.79 Å². The zero-order chi connectivity index (χ0) is 13.4. The summed E-state index contributed by atoms with van der Waals surface area (Å²) in [4.78, 5) is 17.9. The summed E-state index contributed by atoms with van der Waals surface area (Å²) < 4.78 is 2.10. The van der Waals surface area contributed by atoms with Crippen molar-refractivity contribution in [2.75, 3.05) is 0 Å². The number of hydrogen-bond acceptors (Lipinski definition) is 3. The van der Waals surface area contributed by atoms with Gasteiger partial charge < -0.3 is 0 Å². The number of fused-ring (bicyclic) bond motifs is 1. The van der Waals surface area contributed by atoms with Gasteiger partial charge in [-0.25, -0.2) is 4.98 Å². The lowest BCUT2D eigenvalue weighted by atomic mass is 10.1. The zero-order valence-corrected chi connectivity index (χ0v) is 11.7. The smallest absolute Gasteiger partial charge is 0.195 e. The molecule has 0 N–H and O–H groups in total. The van der Waals surface area contributed by atoms with Gasteiger partial charge in [-0.3, -0.25) is 9.20 Å². The van der Waals surface area contributed by atoms with E-state index >= 15 is 0 Å². The van der Waals surface area contributed by atoms with Gasteiger partial charge in [0.2, 0.25) is 0 Å². The molecule has 0 atom stereocenters. The second-order valence-corrected chi connectivity index (χ2v) is 5.47. The van der Waals surface area contributed by atoms with Gasteiger partial charge in [-0.15, -0.1) is 11.3 Å². The van der Waals surface area contributed by atoms with Crippen molar-refractivity contribution in [3.05, 3.63) is 46.6 Å². The highest BCUT2D eigenvalue weighted by Crippen LogP contribution is 2.31. The minimum absolute atomic E-state index is 0.517. The molecule has 0 fully saturated rings. The minimum Gasteiger partial charge on any atom is -0.296 e. The van der Waals surface area contributed by atoms with Gasteiger partial charge in [-0.1, -0.05) is 37.3 Å². The summed E-state index contributed by atoms with van der Waals surface area (Å²) in [5.41, 5.74) is 3.63. The summed E-state index contributed by atoms with van der Waals surface area (Å²) in [7, 11) is 0. The molecule has 0 unspecified atom stereocenters. The highest BCUT2D eigenvalue weighted by atomic mass is 32.1. The molecule has 3 aromatic rings. The van der Waals surface area contributed by atoms with Crippen LogP contribution >= 0.6 is 11.3 Å². The fraction of sp³-hybridized carbons (Fsp3) is 0.200. The standard InChI is InChI=1S/C15H14N2OS/c1-3-13-10(2)17-14(11-7-5-4-6-8-11)12(9-18)16-15(17)19-13/h4-9H,3H2,1-2H3. The van der Waals surface area contributed by atoms with Crippen molar-refractivity contribution in [2.45, 2.75) is 20.3 Å². The number of hydrogen-bond donors (Lipinski definition) is 0. The highest BCUT2D eigenvalue weighted by molar-refractivity contribution is 7.17. The number of benzene rings is 1. The highest BCUT2D eigenvalue weighted by Gasteiger charge is 2.18. The number of aryl methyl sites for hydroxylation is 2. The topological polar surface area (TPSA) is 34.4 Å². The molecule has 0 amide bonds. The summed E-state index contributed by atoms with van der Waals surface area (Å²) >= 11 is 1.66. The van der Waals surface area contributed by atoms with Crippen LogP contribution in [0.5, 0.6) is 0 Å². The van der Waals surface area contributed by atoms with E-state index in [1.54, 1.807) is 11.3 Å². The van der Waals surface area contributed by atoms with E-state index in [0.29, 0.717) is 5.69 Å². The first-order chi connectivity index (χ1) is 9.26. The Bertz CT molecular complexity index is 740. The normalized spacial score (nSPS) is 11.1. The van der Waals surface area contributed by atoms with Gasteiger partial charge in [0.05, 0.1) is 5.69 Å². The molecular weight excluding hydrogens is 256 g/mol. The minimum atomic E-state index is 0.517. The summed E-state index contributed by atoms with van der Waals surface area (Å²) in [5.74, 6) is 0. The molecule has 0 aliphatic carbocycles. The van der Waals surface area contributed by atoms with E-state index in [4.69, 9.17) is 0 Å². The molecule has 1 aromatic carbocycles. The number of carbonyl (C=O) groups excluding carboxylic acids is 1. The third-order valence-corrected chi connectivity index (χ3v) is 4.59. The van der Waals surface area contributed by atoms with Crippen LogP contribution in [0.1, 0.15) is 28.0 Å². The van der Waals surface area contributed by atoms with Crippen LogP contribution in [0.15, 0.2) is 30.3 Å². The molecule has 2 aromatic heterocycles. The van der Waals surface area contributed by atoms with Crippen molar-refractivity contribution in [3.63, 3.8) is 0 Å². The largest absolute Gasteiger partial charge is 0.296 e. The van der Waals surface area contributed by atoms with Gasteiger partial charge in [0.25, 0.3) is 0 Å². The van der Waals surface area contributed by atoms with Gasteiger partial charge in [-0.2, -0.15) is 0 Å². The number of carbonyl (C=O) groups is 1. The van der Waals surface area contributed by atoms with Crippen LogP contribution in [0.2, 0.25) is 0 Å². The van der Waals surface area contributed by atoms with Crippen LogP contribution in [0.3, 0.4) is 0 Å². The number of nitrogens with zero attached hydrogens (tertiary/aromatic N) is 2. The van der Waals surface area contributed by atoms with Crippen molar-refractivity contribution in [2.24, 2.45) is 0 Å². The molecular formula is C15H14N2OS. The Labute approximate surface area is 115 Å².